The summed E-state index contributed by atoms with van der Waals surface area (Å²) < 4.78 is 5.85. The molecule has 0 atom stereocenters. The Labute approximate surface area is 125 Å². The summed E-state index contributed by atoms with van der Waals surface area (Å²) in [6.07, 6.45) is 9.23. The topological polar surface area (TPSA) is 21.6 Å². The molecule has 0 amide bonds. The largest absolute Gasteiger partial charge is 0.480 e. The zero-order valence-electron chi connectivity index (χ0n) is 14.4. The van der Waals surface area contributed by atoms with E-state index in [1.165, 1.54) is 25.0 Å². The maximum atomic E-state index is 5.85. The molecular weight excluding hydrogens is 246 g/mol. The van der Waals surface area contributed by atoms with E-state index in [4.69, 9.17) is 4.74 Å². The molecule has 0 spiro atoms. The van der Waals surface area contributed by atoms with Crippen molar-refractivity contribution in [3.63, 3.8) is 0 Å². The molecule has 0 bridgehead atoms. The van der Waals surface area contributed by atoms with Crippen molar-refractivity contribution in [1.29, 1.82) is 0 Å². The third-order valence-corrected chi connectivity index (χ3v) is 3.29. The maximum Gasteiger partial charge on any atom is 0.188 e. The Morgan fingerprint density at radius 1 is 1.05 bits per heavy atom. The highest BCUT2D eigenvalue weighted by Gasteiger charge is 2.15. The third kappa shape index (κ3) is 8.39. The van der Waals surface area contributed by atoms with Crippen molar-refractivity contribution in [2.45, 2.75) is 80.1 Å². The molecule has 0 aromatic carbocycles. The Kier molecular flexibility index (Phi) is 6.29. The summed E-state index contributed by atoms with van der Waals surface area (Å²) in [5.74, 6) is 0.938. The minimum Gasteiger partial charge on any atom is -0.480 e. The predicted octanol–water partition coefficient (Wildman–Crippen LogP) is 5.73. The van der Waals surface area contributed by atoms with E-state index in [9.17, 15) is 0 Å². The molecule has 0 aliphatic carbocycles. The van der Waals surface area contributed by atoms with Crippen molar-refractivity contribution in [2.75, 3.05) is 6.61 Å². The van der Waals surface area contributed by atoms with E-state index in [1.54, 1.807) is 0 Å². The summed E-state index contributed by atoms with van der Waals surface area (Å²) >= 11 is 0. The first kappa shape index (κ1) is 17.3. The van der Waals surface area contributed by atoms with Crippen molar-refractivity contribution in [3.8, 4) is 0 Å². The molecule has 1 aliphatic heterocycles. The monoisotopic (exact) mass is 279 g/mol. The molecule has 0 aromatic heterocycles. The van der Waals surface area contributed by atoms with Gasteiger partial charge in [0, 0.05) is 12.1 Å². The van der Waals surface area contributed by atoms with Gasteiger partial charge >= 0.3 is 0 Å². The van der Waals surface area contributed by atoms with Crippen molar-refractivity contribution >= 4 is 5.90 Å². The molecule has 2 nitrogen and oxygen atoms in total. The standard InChI is InChI=1S/C18H33NO/c1-17(2,3)13-8-7-10-15-11-9-12-16(19-15)20-14-18(4,5)6/h11H,7-10,12-14H2,1-6H3. The van der Waals surface area contributed by atoms with Crippen molar-refractivity contribution in [3.05, 3.63) is 11.8 Å². The van der Waals surface area contributed by atoms with E-state index in [1.807, 2.05) is 0 Å². The Morgan fingerprint density at radius 3 is 2.35 bits per heavy atom. The molecule has 0 saturated carbocycles. The summed E-state index contributed by atoms with van der Waals surface area (Å²) in [6.45, 7) is 14.3. The first-order chi connectivity index (χ1) is 9.16. The van der Waals surface area contributed by atoms with E-state index >= 15 is 0 Å². The molecule has 2 heteroatoms. The second-order valence-corrected chi connectivity index (χ2v) is 8.36. The Morgan fingerprint density at radius 2 is 1.75 bits per heavy atom. The first-order valence-electron chi connectivity index (χ1n) is 8.05. The molecule has 0 unspecified atom stereocenters. The van der Waals surface area contributed by atoms with Gasteiger partial charge in [0.05, 0.1) is 6.61 Å². The lowest BCUT2D eigenvalue weighted by molar-refractivity contribution is 0.182. The van der Waals surface area contributed by atoms with Crippen LogP contribution < -0.4 is 0 Å². The molecular formula is C18H33NO. The first-order valence-corrected chi connectivity index (χ1v) is 8.05. The van der Waals surface area contributed by atoms with Crippen LogP contribution >= 0.6 is 0 Å². The van der Waals surface area contributed by atoms with Gasteiger partial charge in [-0.05, 0) is 36.5 Å². The number of nitrogens with zero attached hydrogens (tertiary/aromatic N) is 1. The van der Waals surface area contributed by atoms with E-state index < -0.39 is 0 Å². The van der Waals surface area contributed by atoms with Crippen LogP contribution in [0, 0.1) is 10.8 Å². The van der Waals surface area contributed by atoms with Crippen LogP contribution in [0.15, 0.2) is 16.8 Å². The highest BCUT2D eigenvalue weighted by molar-refractivity contribution is 5.78. The van der Waals surface area contributed by atoms with Crippen LogP contribution in [0.1, 0.15) is 80.1 Å². The molecule has 0 saturated heterocycles. The van der Waals surface area contributed by atoms with E-state index in [0.717, 1.165) is 31.8 Å². The van der Waals surface area contributed by atoms with Crippen LogP contribution in [0.25, 0.3) is 0 Å². The van der Waals surface area contributed by atoms with Gasteiger partial charge in [0.1, 0.15) is 0 Å². The van der Waals surface area contributed by atoms with Crippen LogP contribution in [-0.4, -0.2) is 12.5 Å². The fraction of sp³-hybridized carbons (Fsp3) is 0.833. The zero-order valence-corrected chi connectivity index (χ0v) is 14.4. The molecule has 20 heavy (non-hydrogen) atoms. The smallest absolute Gasteiger partial charge is 0.188 e. The minimum atomic E-state index is 0.205. The number of ether oxygens (including phenoxy) is 1. The second-order valence-electron chi connectivity index (χ2n) is 8.36. The number of hydrogen-bond donors (Lipinski definition) is 0. The van der Waals surface area contributed by atoms with Crippen molar-refractivity contribution in [2.24, 2.45) is 15.8 Å². The van der Waals surface area contributed by atoms with Gasteiger partial charge in [-0.2, -0.15) is 0 Å². The van der Waals surface area contributed by atoms with Crippen LogP contribution in [0.4, 0.5) is 0 Å². The number of aliphatic imine (C=N–C) groups is 1. The SMILES string of the molecule is CC(C)(C)CCCCC1=CCCC(OCC(C)(C)C)=N1. The third-order valence-electron chi connectivity index (χ3n) is 3.29. The summed E-state index contributed by atoms with van der Waals surface area (Å²) in [6, 6.07) is 0. The predicted molar refractivity (Wildman–Crippen MR) is 88.1 cm³/mol. The maximum absolute atomic E-state index is 5.85. The Bertz CT molecular complexity index is 353. The van der Waals surface area contributed by atoms with Gasteiger partial charge in [-0.15, -0.1) is 0 Å². The summed E-state index contributed by atoms with van der Waals surface area (Å²) in [5.41, 5.74) is 1.89. The van der Waals surface area contributed by atoms with Crippen molar-refractivity contribution < 1.29 is 4.74 Å². The van der Waals surface area contributed by atoms with Crippen LogP contribution in [0.5, 0.6) is 0 Å². The fourth-order valence-electron chi connectivity index (χ4n) is 2.15. The second kappa shape index (κ2) is 7.28. The summed E-state index contributed by atoms with van der Waals surface area (Å²) in [4.78, 5) is 4.67. The number of hydrogen-bond acceptors (Lipinski definition) is 2. The highest BCUT2D eigenvalue weighted by atomic mass is 16.5. The van der Waals surface area contributed by atoms with Crippen molar-refractivity contribution in [1.82, 2.24) is 0 Å². The minimum absolute atomic E-state index is 0.205. The van der Waals surface area contributed by atoms with Crippen LogP contribution in [-0.2, 0) is 4.74 Å². The number of unbranched alkanes of at least 4 members (excludes halogenated alkanes) is 1. The quantitative estimate of drug-likeness (QED) is 0.589. The molecule has 1 rings (SSSR count). The van der Waals surface area contributed by atoms with Gasteiger partial charge < -0.3 is 4.74 Å². The fourth-order valence-corrected chi connectivity index (χ4v) is 2.15. The molecule has 0 fully saturated rings. The van der Waals surface area contributed by atoms with Gasteiger partial charge in [0.25, 0.3) is 0 Å². The van der Waals surface area contributed by atoms with Crippen LogP contribution in [0.2, 0.25) is 0 Å². The van der Waals surface area contributed by atoms with E-state index in [-0.39, 0.29) is 5.41 Å². The lowest BCUT2D eigenvalue weighted by Gasteiger charge is -2.21. The van der Waals surface area contributed by atoms with E-state index in [2.05, 4.69) is 52.6 Å². The van der Waals surface area contributed by atoms with Gasteiger partial charge in [-0.1, -0.05) is 54.0 Å². The van der Waals surface area contributed by atoms with Gasteiger partial charge in [0.2, 0.25) is 0 Å². The lowest BCUT2D eigenvalue weighted by atomic mass is 9.89. The average molecular weight is 279 g/mol. The lowest BCUT2D eigenvalue weighted by Crippen LogP contribution is -2.19. The van der Waals surface area contributed by atoms with Gasteiger partial charge in [-0.25, -0.2) is 4.99 Å². The summed E-state index contributed by atoms with van der Waals surface area (Å²) in [7, 11) is 0. The number of allylic oxidation sites excluding steroid dienone is 2. The molecule has 116 valence electrons. The van der Waals surface area contributed by atoms with Crippen LogP contribution in [0.3, 0.4) is 0 Å². The number of rotatable bonds is 5. The zero-order chi connectivity index (χ0) is 15.2. The average Bonchev–Trinajstić information content (AvgIpc) is 2.31. The van der Waals surface area contributed by atoms with E-state index in [0.29, 0.717) is 5.41 Å². The van der Waals surface area contributed by atoms with Gasteiger partial charge in [-0.3, -0.25) is 0 Å². The molecule has 0 radical (unpaired) electrons. The molecule has 0 N–H and O–H groups in total. The summed E-state index contributed by atoms with van der Waals surface area (Å²) in [5, 5.41) is 0. The Hall–Kier alpha value is -0.790. The molecule has 1 heterocycles. The Balaban J connectivity index is 2.32. The molecule has 0 aromatic rings. The van der Waals surface area contributed by atoms with Gasteiger partial charge in [0.15, 0.2) is 5.90 Å². The molecule has 1 aliphatic rings. The normalized spacial score (nSPS) is 16.7. The highest BCUT2D eigenvalue weighted by Crippen LogP contribution is 2.24.